The molecule has 0 aliphatic rings. The van der Waals surface area contributed by atoms with Crippen LogP contribution in [0.3, 0.4) is 0 Å². The molecule has 0 saturated carbocycles. The van der Waals surface area contributed by atoms with Crippen LogP contribution >= 0.6 is 11.6 Å². The van der Waals surface area contributed by atoms with E-state index in [1.165, 1.54) is 6.07 Å². The van der Waals surface area contributed by atoms with Crippen LogP contribution in [-0.2, 0) is 5.54 Å². The maximum absolute atomic E-state index is 13.2. The summed E-state index contributed by atoms with van der Waals surface area (Å²) in [5.41, 5.74) is 6.57. The van der Waals surface area contributed by atoms with Gasteiger partial charge in [-0.15, -0.1) is 0 Å². The van der Waals surface area contributed by atoms with Gasteiger partial charge in [0.25, 0.3) is 0 Å². The molecule has 0 aliphatic heterocycles. The van der Waals surface area contributed by atoms with E-state index in [-0.39, 0.29) is 0 Å². The molecule has 1 unspecified atom stereocenters. The lowest BCUT2D eigenvalue weighted by Gasteiger charge is -2.26. The van der Waals surface area contributed by atoms with E-state index < -0.39 is 17.2 Å². The molecule has 2 aromatic rings. The predicted octanol–water partition coefficient (Wildman–Crippen LogP) is 3.84. The standard InChI is InChI=1S/C14H12ClF2N/c1-14(18,9-2-5-11(15)6-3-9)10-4-7-12(16)13(17)8-10/h2-8H,18H2,1H3. The highest BCUT2D eigenvalue weighted by Crippen LogP contribution is 2.28. The Morgan fingerprint density at radius 2 is 1.50 bits per heavy atom. The number of halogens is 3. The Kier molecular flexibility index (Phi) is 3.37. The fraction of sp³-hybridized carbons (Fsp3) is 0.143. The zero-order valence-electron chi connectivity index (χ0n) is 9.75. The fourth-order valence-electron chi connectivity index (χ4n) is 1.78. The van der Waals surface area contributed by atoms with Crippen LogP contribution in [0.5, 0.6) is 0 Å². The van der Waals surface area contributed by atoms with Gasteiger partial charge in [0.15, 0.2) is 11.6 Å². The summed E-state index contributed by atoms with van der Waals surface area (Å²) in [5.74, 6) is -1.79. The van der Waals surface area contributed by atoms with Crippen LogP contribution in [0, 0.1) is 11.6 Å². The van der Waals surface area contributed by atoms with E-state index in [0.717, 1.165) is 17.7 Å². The normalized spacial score (nSPS) is 14.3. The first-order valence-electron chi connectivity index (χ1n) is 5.42. The second-order valence-corrected chi connectivity index (χ2v) is 4.77. The van der Waals surface area contributed by atoms with E-state index in [1.807, 2.05) is 0 Å². The van der Waals surface area contributed by atoms with E-state index >= 15 is 0 Å². The highest BCUT2D eigenvalue weighted by Gasteiger charge is 2.24. The minimum absolute atomic E-state index is 0.503. The van der Waals surface area contributed by atoms with Gasteiger partial charge in [0.2, 0.25) is 0 Å². The Balaban J connectivity index is 2.46. The molecule has 0 spiro atoms. The first-order valence-corrected chi connectivity index (χ1v) is 5.79. The quantitative estimate of drug-likeness (QED) is 0.879. The zero-order chi connectivity index (χ0) is 13.3. The van der Waals surface area contributed by atoms with E-state index in [1.54, 1.807) is 31.2 Å². The summed E-state index contributed by atoms with van der Waals surface area (Å²) in [6, 6.07) is 10.6. The SMILES string of the molecule is CC(N)(c1ccc(Cl)cc1)c1ccc(F)c(F)c1. The molecule has 1 nitrogen and oxygen atoms in total. The number of rotatable bonds is 2. The lowest BCUT2D eigenvalue weighted by Crippen LogP contribution is -2.34. The van der Waals surface area contributed by atoms with Crippen LogP contribution in [0.25, 0.3) is 0 Å². The Morgan fingerprint density at radius 3 is 2.06 bits per heavy atom. The molecule has 18 heavy (non-hydrogen) atoms. The molecule has 0 saturated heterocycles. The summed E-state index contributed by atoms with van der Waals surface area (Å²) in [6.07, 6.45) is 0. The molecular weight excluding hydrogens is 256 g/mol. The number of benzene rings is 2. The van der Waals surface area contributed by atoms with Crippen molar-refractivity contribution in [2.75, 3.05) is 0 Å². The number of nitrogens with two attached hydrogens (primary N) is 1. The van der Waals surface area contributed by atoms with Crippen molar-refractivity contribution in [2.24, 2.45) is 5.73 Å². The van der Waals surface area contributed by atoms with E-state index in [4.69, 9.17) is 17.3 Å². The summed E-state index contributed by atoms with van der Waals surface area (Å²) >= 11 is 5.80. The average Bonchev–Trinajstić information content (AvgIpc) is 2.33. The molecule has 94 valence electrons. The first kappa shape index (κ1) is 13.0. The number of hydrogen-bond donors (Lipinski definition) is 1. The topological polar surface area (TPSA) is 26.0 Å². The molecule has 0 bridgehead atoms. The van der Waals surface area contributed by atoms with Crippen molar-refractivity contribution < 1.29 is 8.78 Å². The van der Waals surface area contributed by atoms with Crippen molar-refractivity contribution in [3.8, 4) is 0 Å². The molecule has 2 N–H and O–H groups in total. The van der Waals surface area contributed by atoms with Gasteiger partial charge in [-0.25, -0.2) is 8.78 Å². The van der Waals surface area contributed by atoms with Crippen molar-refractivity contribution in [1.82, 2.24) is 0 Å². The Morgan fingerprint density at radius 1 is 0.944 bits per heavy atom. The molecule has 0 aromatic heterocycles. The molecule has 0 fully saturated rings. The zero-order valence-corrected chi connectivity index (χ0v) is 10.5. The Bertz CT molecular complexity index is 565. The van der Waals surface area contributed by atoms with Gasteiger partial charge in [0.05, 0.1) is 5.54 Å². The fourth-order valence-corrected chi connectivity index (χ4v) is 1.91. The summed E-state index contributed by atoms with van der Waals surface area (Å²) in [6.45, 7) is 1.74. The van der Waals surface area contributed by atoms with Gasteiger partial charge in [-0.2, -0.15) is 0 Å². The van der Waals surface area contributed by atoms with E-state index in [0.29, 0.717) is 10.6 Å². The number of hydrogen-bond acceptors (Lipinski definition) is 1. The van der Waals surface area contributed by atoms with Gasteiger partial charge >= 0.3 is 0 Å². The molecule has 0 radical (unpaired) electrons. The summed E-state index contributed by atoms with van der Waals surface area (Å²) < 4.78 is 26.1. The molecule has 1 atom stereocenters. The third-order valence-electron chi connectivity index (χ3n) is 2.96. The second-order valence-electron chi connectivity index (χ2n) is 4.34. The summed E-state index contributed by atoms with van der Waals surface area (Å²) in [5, 5.41) is 0.597. The van der Waals surface area contributed by atoms with Crippen LogP contribution in [0.15, 0.2) is 42.5 Å². The van der Waals surface area contributed by atoms with Gasteiger partial charge < -0.3 is 5.73 Å². The van der Waals surface area contributed by atoms with Gasteiger partial charge in [-0.1, -0.05) is 29.8 Å². The van der Waals surface area contributed by atoms with Crippen molar-refractivity contribution in [3.63, 3.8) is 0 Å². The molecule has 2 rings (SSSR count). The summed E-state index contributed by atoms with van der Waals surface area (Å²) in [7, 11) is 0. The lowest BCUT2D eigenvalue weighted by molar-refractivity contribution is 0.500. The van der Waals surface area contributed by atoms with E-state index in [2.05, 4.69) is 0 Å². The molecule has 4 heteroatoms. The van der Waals surface area contributed by atoms with Crippen molar-refractivity contribution >= 4 is 11.6 Å². The van der Waals surface area contributed by atoms with Crippen LogP contribution in [-0.4, -0.2) is 0 Å². The second kappa shape index (κ2) is 4.67. The monoisotopic (exact) mass is 267 g/mol. The summed E-state index contributed by atoms with van der Waals surface area (Å²) in [4.78, 5) is 0. The molecular formula is C14H12ClF2N. The largest absolute Gasteiger partial charge is 0.318 e. The lowest BCUT2D eigenvalue weighted by atomic mass is 9.86. The van der Waals surface area contributed by atoms with Crippen molar-refractivity contribution in [3.05, 3.63) is 70.2 Å². The molecule has 0 heterocycles. The van der Waals surface area contributed by atoms with Crippen molar-refractivity contribution in [2.45, 2.75) is 12.5 Å². The molecule has 2 aromatic carbocycles. The highest BCUT2D eigenvalue weighted by atomic mass is 35.5. The minimum atomic E-state index is -0.905. The van der Waals surface area contributed by atoms with E-state index in [9.17, 15) is 8.78 Å². The van der Waals surface area contributed by atoms with Crippen LogP contribution < -0.4 is 5.73 Å². The maximum Gasteiger partial charge on any atom is 0.159 e. The molecule has 0 aliphatic carbocycles. The van der Waals surface area contributed by atoms with Gasteiger partial charge in [0, 0.05) is 5.02 Å². The predicted molar refractivity (Wildman–Crippen MR) is 68.5 cm³/mol. The minimum Gasteiger partial charge on any atom is -0.318 e. The van der Waals surface area contributed by atoms with Gasteiger partial charge in [-0.3, -0.25) is 0 Å². The third-order valence-corrected chi connectivity index (χ3v) is 3.22. The smallest absolute Gasteiger partial charge is 0.159 e. The molecule has 0 amide bonds. The van der Waals surface area contributed by atoms with Crippen LogP contribution in [0.1, 0.15) is 18.1 Å². The average molecular weight is 268 g/mol. The van der Waals surface area contributed by atoms with Gasteiger partial charge in [-0.05, 0) is 42.3 Å². The first-order chi connectivity index (χ1) is 8.41. The Hall–Kier alpha value is -1.45. The maximum atomic E-state index is 13.2. The van der Waals surface area contributed by atoms with Crippen LogP contribution in [0.2, 0.25) is 5.02 Å². The highest BCUT2D eigenvalue weighted by molar-refractivity contribution is 6.30. The van der Waals surface area contributed by atoms with Crippen molar-refractivity contribution in [1.29, 1.82) is 0 Å². The Labute approximate surface area is 109 Å². The third kappa shape index (κ3) is 2.37. The van der Waals surface area contributed by atoms with Crippen LogP contribution in [0.4, 0.5) is 8.78 Å². The van der Waals surface area contributed by atoms with Gasteiger partial charge in [0.1, 0.15) is 0 Å².